The molecular formula is C35H35ClFN5O6. The number of fused-ring (bicyclic) bond motifs is 1. The average molecular weight is 676 g/mol. The molecule has 48 heavy (non-hydrogen) atoms. The van der Waals surface area contributed by atoms with Crippen molar-refractivity contribution in [1.82, 2.24) is 10.3 Å². The lowest BCUT2D eigenvalue weighted by Gasteiger charge is -2.26. The summed E-state index contributed by atoms with van der Waals surface area (Å²) in [5, 5.41) is 20.1. The molecule has 4 aromatic rings. The molecule has 3 N–H and O–H groups in total. The van der Waals surface area contributed by atoms with Crippen molar-refractivity contribution in [3.8, 4) is 17.6 Å². The van der Waals surface area contributed by atoms with Crippen molar-refractivity contribution < 1.29 is 32.9 Å². The molecule has 1 amide bonds. The van der Waals surface area contributed by atoms with Crippen LogP contribution >= 0.6 is 11.6 Å². The standard InChI is InChI=1S/C35H35ClFN5O6/c1-35(44-2,45-3)40-12-5-8-33(43)42-30-16-27-29(17-32(30)48-26-11-13-46-21-26)39-19-23(18-38)34(27)41-25-9-10-31(28(36)15-25)47-20-22-6-4-7-24(37)14-22/h4-10,14-17,19,26,40H,11-13,20-21H2,1-3H3,(H,39,41)(H,42,43)/b8-5+/t26-/m0/s1. The predicted octanol–water partition coefficient (Wildman–Crippen LogP) is 6.44. The van der Waals surface area contributed by atoms with Crippen LogP contribution in [0.15, 0.2) is 72.9 Å². The Morgan fingerprint density at radius 2 is 2.02 bits per heavy atom. The van der Waals surface area contributed by atoms with Crippen molar-refractivity contribution in [2.24, 2.45) is 0 Å². The Morgan fingerprint density at radius 3 is 2.73 bits per heavy atom. The summed E-state index contributed by atoms with van der Waals surface area (Å²) in [6.45, 7) is 3.15. The van der Waals surface area contributed by atoms with E-state index in [2.05, 4.69) is 27.0 Å². The van der Waals surface area contributed by atoms with Gasteiger partial charge in [-0.15, -0.1) is 0 Å². The summed E-state index contributed by atoms with van der Waals surface area (Å²) in [5.41, 5.74) is 2.87. The van der Waals surface area contributed by atoms with Crippen molar-refractivity contribution >= 4 is 45.5 Å². The number of aromatic nitrogens is 1. The topological polar surface area (TPSA) is 136 Å². The molecule has 0 unspecified atom stereocenters. The Morgan fingerprint density at radius 1 is 1.19 bits per heavy atom. The Balaban J connectivity index is 1.41. The summed E-state index contributed by atoms with van der Waals surface area (Å²) >= 11 is 6.55. The Kier molecular flexibility index (Phi) is 11.4. The van der Waals surface area contributed by atoms with Gasteiger partial charge in [-0.3, -0.25) is 15.1 Å². The minimum Gasteiger partial charge on any atom is -0.487 e. The van der Waals surface area contributed by atoms with Gasteiger partial charge >= 0.3 is 0 Å². The van der Waals surface area contributed by atoms with Crippen LogP contribution in [0.3, 0.4) is 0 Å². The van der Waals surface area contributed by atoms with Gasteiger partial charge in [-0.2, -0.15) is 5.26 Å². The van der Waals surface area contributed by atoms with Crippen LogP contribution in [0.25, 0.3) is 10.9 Å². The summed E-state index contributed by atoms with van der Waals surface area (Å²) in [4.78, 5) is 17.5. The molecule has 0 saturated carbocycles. The maximum Gasteiger partial charge on any atom is 0.248 e. The fraction of sp³-hybridized carbons (Fsp3) is 0.286. The minimum atomic E-state index is -1.00. The SMILES string of the molecule is COC(C)(NC/C=C/C(=O)Nc1cc2c(Nc3ccc(OCc4cccc(F)c4)c(Cl)c3)c(C#N)cnc2cc1O[C@H]1CCOC1)OC. The van der Waals surface area contributed by atoms with Crippen LogP contribution in [0.1, 0.15) is 24.5 Å². The summed E-state index contributed by atoms with van der Waals surface area (Å²) in [6, 6.07) is 16.8. The molecule has 0 spiro atoms. The van der Waals surface area contributed by atoms with Crippen LogP contribution in [0.5, 0.6) is 11.5 Å². The highest BCUT2D eigenvalue weighted by atomic mass is 35.5. The molecule has 1 fully saturated rings. The smallest absolute Gasteiger partial charge is 0.248 e. The number of benzene rings is 3. The third kappa shape index (κ3) is 8.77. The fourth-order valence-corrected chi connectivity index (χ4v) is 5.10. The van der Waals surface area contributed by atoms with Crippen LogP contribution < -0.4 is 25.4 Å². The summed E-state index contributed by atoms with van der Waals surface area (Å²) in [6.07, 6.45) is 4.99. The second kappa shape index (κ2) is 15.9. The van der Waals surface area contributed by atoms with Gasteiger partial charge in [0.1, 0.15) is 36.1 Å². The zero-order valence-electron chi connectivity index (χ0n) is 26.6. The number of halogens is 2. The zero-order valence-corrected chi connectivity index (χ0v) is 27.4. The van der Waals surface area contributed by atoms with E-state index < -0.39 is 11.8 Å². The molecule has 2 heterocycles. The van der Waals surface area contributed by atoms with Crippen molar-refractivity contribution in [3.05, 3.63) is 94.9 Å². The lowest BCUT2D eigenvalue weighted by molar-refractivity contribution is -0.212. The van der Waals surface area contributed by atoms with Gasteiger partial charge in [-0.1, -0.05) is 29.8 Å². The first-order valence-corrected chi connectivity index (χ1v) is 15.5. The van der Waals surface area contributed by atoms with Crippen LogP contribution in [0.4, 0.5) is 21.5 Å². The third-order valence-corrected chi connectivity index (χ3v) is 7.90. The molecule has 1 aliphatic heterocycles. The van der Waals surface area contributed by atoms with Crippen LogP contribution in [-0.4, -0.2) is 56.9 Å². The van der Waals surface area contributed by atoms with E-state index in [9.17, 15) is 14.4 Å². The minimum absolute atomic E-state index is 0.134. The van der Waals surface area contributed by atoms with Gasteiger partial charge < -0.3 is 34.3 Å². The van der Waals surface area contributed by atoms with E-state index in [0.717, 1.165) is 0 Å². The number of hydrogen-bond acceptors (Lipinski definition) is 10. The third-order valence-electron chi connectivity index (χ3n) is 7.60. The number of amides is 1. The molecule has 1 atom stereocenters. The average Bonchev–Trinajstić information content (AvgIpc) is 3.60. The first-order chi connectivity index (χ1) is 23.2. The monoisotopic (exact) mass is 675 g/mol. The van der Waals surface area contributed by atoms with Gasteiger partial charge in [-0.05, 0) is 42.0 Å². The summed E-state index contributed by atoms with van der Waals surface area (Å²) < 4.78 is 41.6. The van der Waals surface area contributed by atoms with E-state index in [1.165, 1.54) is 38.6 Å². The van der Waals surface area contributed by atoms with Gasteiger partial charge in [0.05, 0.1) is 40.7 Å². The number of hydrogen-bond donors (Lipinski definition) is 3. The van der Waals surface area contributed by atoms with Crippen LogP contribution in [-0.2, 0) is 25.6 Å². The van der Waals surface area contributed by atoms with Gasteiger partial charge in [0.2, 0.25) is 11.8 Å². The Hall–Kier alpha value is -4.77. The number of nitriles is 1. The zero-order chi connectivity index (χ0) is 34.1. The Labute approximate surface area is 282 Å². The molecule has 0 bridgehead atoms. The molecule has 5 rings (SSSR count). The van der Waals surface area contributed by atoms with Gasteiger partial charge in [0, 0.05) is 63.5 Å². The summed E-state index contributed by atoms with van der Waals surface area (Å²) in [5.74, 6) is -0.935. The molecule has 1 aromatic heterocycles. The highest BCUT2D eigenvalue weighted by molar-refractivity contribution is 6.32. The van der Waals surface area contributed by atoms with E-state index in [-0.39, 0.29) is 24.1 Å². The molecule has 3 aromatic carbocycles. The molecule has 0 aliphatic carbocycles. The molecule has 1 aliphatic rings. The van der Waals surface area contributed by atoms with Crippen LogP contribution in [0, 0.1) is 17.1 Å². The molecule has 0 radical (unpaired) electrons. The first kappa shape index (κ1) is 34.6. The van der Waals surface area contributed by atoms with Crippen molar-refractivity contribution in [2.45, 2.75) is 32.0 Å². The maximum absolute atomic E-state index is 13.6. The van der Waals surface area contributed by atoms with E-state index in [1.807, 2.05) is 0 Å². The lowest BCUT2D eigenvalue weighted by Crippen LogP contribution is -2.45. The Bertz CT molecular complexity index is 1840. The fourth-order valence-electron chi connectivity index (χ4n) is 4.86. The molecule has 1 saturated heterocycles. The number of carbonyl (C=O) groups is 1. The van der Waals surface area contributed by atoms with E-state index in [1.54, 1.807) is 55.5 Å². The second-order valence-corrected chi connectivity index (χ2v) is 11.4. The molecule has 250 valence electrons. The van der Waals surface area contributed by atoms with Gasteiger partial charge in [0.15, 0.2) is 0 Å². The molecule has 13 heteroatoms. The predicted molar refractivity (Wildman–Crippen MR) is 180 cm³/mol. The quantitative estimate of drug-likeness (QED) is 0.101. The number of ether oxygens (including phenoxy) is 5. The highest BCUT2D eigenvalue weighted by Crippen LogP contribution is 2.38. The first-order valence-electron chi connectivity index (χ1n) is 15.1. The number of nitrogens with zero attached hydrogens (tertiary/aromatic N) is 2. The normalized spacial score (nSPS) is 14.6. The number of nitrogens with one attached hydrogen (secondary N) is 3. The number of rotatable bonds is 14. The van der Waals surface area contributed by atoms with Crippen molar-refractivity contribution in [1.29, 1.82) is 5.26 Å². The van der Waals surface area contributed by atoms with E-state index >= 15 is 0 Å². The molecular weight excluding hydrogens is 641 g/mol. The highest BCUT2D eigenvalue weighted by Gasteiger charge is 2.22. The lowest BCUT2D eigenvalue weighted by atomic mass is 10.1. The number of methoxy groups -OCH3 is 2. The van der Waals surface area contributed by atoms with Crippen molar-refractivity contribution in [3.63, 3.8) is 0 Å². The summed E-state index contributed by atoms with van der Waals surface area (Å²) in [7, 11) is 3.02. The largest absolute Gasteiger partial charge is 0.487 e. The molecule has 11 nitrogen and oxygen atoms in total. The van der Waals surface area contributed by atoms with E-state index in [4.69, 9.17) is 35.3 Å². The second-order valence-electron chi connectivity index (χ2n) is 10.9. The number of anilines is 3. The van der Waals surface area contributed by atoms with E-state index in [0.29, 0.717) is 76.2 Å². The number of pyridine rings is 1. The number of carbonyl (C=O) groups excluding carboxylic acids is 1. The van der Waals surface area contributed by atoms with Gasteiger partial charge in [-0.25, -0.2) is 4.39 Å². The van der Waals surface area contributed by atoms with Gasteiger partial charge in [0.25, 0.3) is 0 Å². The maximum atomic E-state index is 13.6. The van der Waals surface area contributed by atoms with Crippen molar-refractivity contribution in [2.75, 3.05) is 44.6 Å². The van der Waals surface area contributed by atoms with Crippen LogP contribution in [0.2, 0.25) is 5.02 Å².